The Morgan fingerprint density at radius 1 is 1.16 bits per heavy atom. The number of rotatable bonds is 9. The minimum Gasteiger partial charge on any atom is -0.356 e. The van der Waals surface area contributed by atoms with Gasteiger partial charge in [0.1, 0.15) is 0 Å². The zero-order chi connectivity index (χ0) is 17.0. The van der Waals surface area contributed by atoms with Crippen LogP contribution in [0.5, 0.6) is 0 Å². The van der Waals surface area contributed by atoms with Crippen LogP contribution in [0.3, 0.4) is 0 Å². The monoisotopic (exact) mass is 473 g/mol. The standard InChI is InChI=1S/C18H27N5S.HI/c1-19-18(20-11-3-4-15-24-2)21-13-10-16-6-8-17(9-7-16)23-14-5-12-22-23;/h5-9,12,14H,3-4,10-11,13,15H2,1-2H3,(H2,19,20,21);1H. The second-order valence-electron chi connectivity index (χ2n) is 5.49. The minimum absolute atomic E-state index is 0. The van der Waals surface area contributed by atoms with Crippen molar-refractivity contribution in [2.24, 2.45) is 4.99 Å². The fourth-order valence-electron chi connectivity index (χ4n) is 2.36. The third-order valence-electron chi connectivity index (χ3n) is 3.70. The van der Waals surface area contributed by atoms with Gasteiger partial charge in [-0.1, -0.05) is 12.1 Å². The normalized spacial score (nSPS) is 11.0. The SMILES string of the molecule is CN=C(NCCCCSC)NCCc1ccc(-n2cccn2)cc1.I. The molecule has 0 fully saturated rings. The molecule has 0 saturated heterocycles. The Morgan fingerprint density at radius 3 is 2.56 bits per heavy atom. The molecule has 0 unspecified atom stereocenters. The molecular weight excluding hydrogens is 445 g/mol. The van der Waals surface area contributed by atoms with Gasteiger partial charge in [0.05, 0.1) is 5.69 Å². The summed E-state index contributed by atoms with van der Waals surface area (Å²) in [5.41, 5.74) is 2.38. The van der Waals surface area contributed by atoms with E-state index >= 15 is 0 Å². The molecule has 25 heavy (non-hydrogen) atoms. The number of unbranched alkanes of at least 4 members (excludes halogenated alkanes) is 1. The Balaban J connectivity index is 0.00000312. The molecule has 0 spiro atoms. The Hall–Kier alpha value is -1.22. The Labute approximate surface area is 172 Å². The lowest BCUT2D eigenvalue weighted by atomic mass is 10.1. The highest BCUT2D eigenvalue weighted by Gasteiger charge is 1.99. The fraction of sp³-hybridized carbons (Fsp3) is 0.444. The van der Waals surface area contributed by atoms with Crippen molar-refractivity contribution in [3.63, 3.8) is 0 Å². The van der Waals surface area contributed by atoms with Gasteiger partial charge in [-0.15, -0.1) is 24.0 Å². The highest BCUT2D eigenvalue weighted by Crippen LogP contribution is 2.08. The maximum Gasteiger partial charge on any atom is 0.190 e. The first-order valence-electron chi connectivity index (χ1n) is 8.36. The number of hydrogen-bond acceptors (Lipinski definition) is 3. The molecule has 0 radical (unpaired) electrons. The van der Waals surface area contributed by atoms with Crippen molar-refractivity contribution in [1.82, 2.24) is 20.4 Å². The van der Waals surface area contributed by atoms with Crippen LogP contribution >= 0.6 is 35.7 Å². The van der Waals surface area contributed by atoms with Crippen LogP contribution in [0.2, 0.25) is 0 Å². The number of aliphatic imine (C=N–C) groups is 1. The number of halogens is 1. The van der Waals surface area contributed by atoms with Crippen molar-refractivity contribution >= 4 is 41.7 Å². The zero-order valence-electron chi connectivity index (χ0n) is 14.9. The van der Waals surface area contributed by atoms with E-state index in [4.69, 9.17) is 0 Å². The van der Waals surface area contributed by atoms with Gasteiger partial charge in [-0.3, -0.25) is 4.99 Å². The number of nitrogens with zero attached hydrogens (tertiary/aromatic N) is 3. The van der Waals surface area contributed by atoms with Crippen molar-refractivity contribution in [1.29, 1.82) is 0 Å². The van der Waals surface area contributed by atoms with Crippen LogP contribution < -0.4 is 10.6 Å². The first-order chi connectivity index (χ1) is 11.8. The summed E-state index contributed by atoms with van der Waals surface area (Å²) < 4.78 is 1.87. The molecule has 0 aliphatic carbocycles. The summed E-state index contributed by atoms with van der Waals surface area (Å²) in [7, 11) is 1.82. The molecule has 0 aliphatic rings. The predicted molar refractivity (Wildman–Crippen MR) is 120 cm³/mol. The maximum atomic E-state index is 4.26. The molecule has 1 aromatic heterocycles. The van der Waals surface area contributed by atoms with Crippen LogP contribution in [-0.2, 0) is 6.42 Å². The third-order valence-corrected chi connectivity index (χ3v) is 4.40. The van der Waals surface area contributed by atoms with Gasteiger partial charge in [0.2, 0.25) is 0 Å². The molecule has 0 bridgehead atoms. The van der Waals surface area contributed by atoms with Crippen LogP contribution in [-0.4, -0.2) is 47.9 Å². The average Bonchev–Trinajstić information content (AvgIpc) is 3.15. The molecule has 138 valence electrons. The van der Waals surface area contributed by atoms with Crippen molar-refractivity contribution in [2.75, 3.05) is 32.1 Å². The molecular formula is C18H28IN5S. The van der Waals surface area contributed by atoms with Gasteiger partial charge in [0, 0.05) is 32.5 Å². The van der Waals surface area contributed by atoms with E-state index in [9.17, 15) is 0 Å². The zero-order valence-corrected chi connectivity index (χ0v) is 18.1. The quantitative estimate of drug-likeness (QED) is 0.254. The van der Waals surface area contributed by atoms with E-state index in [0.29, 0.717) is 0 Å². The first kappa shape index (κ1) is 21.8. The lowest BCUT2D eigenvalue weighted by molar-refractivity contribution is 0.730. The van der Waals surface area contributed by atoms with E-state index in [2.05, 4.69) is 51.2 Å². The summed E-state index contributed by atoms with van der Waals surface area (Å²) in [5, 5.41) is 11.0. The van der Waals surface area contributed by atoms with Gasteiger partial charge in [-0.25, -0.2) is 4.68 Å². The lowest BCUT2D eigenvalue weighted by Crippen LogP contribution is -2.38. The Kier molecular flexibility index (Phi) is 11.4. The molecule has 0 amide bonds. The summed E-state index contributed by atoms with van der Waals surface area (Å²) >= 11 is 1.90. The van der Waals surface area contributed by atoms with Crippen molar-refractivity contribution in [2.45, 2.75) is 19.3 Å². The van der Waals surface area contributed by atoms with Crippen LogP contribution in [0.25, 0.3) is 5.69 Å². The fourth-order valence-corrected chi connectivity index (χ4v) is 2.85. The third kappa shape index (κ3) is 8.13. The van der Waals surface area contributed by atoms with Gasteiger partial charge in [0.25, 0.3) is 0 Å². The van der Waals surface area contributed by atoms with E-state index in [1.165, 1.54) is 24.2 Å². The summed E-state index contributed by atoms with van der Waals surface area (Å²) in [6.07, 6.45) is 9.27. The van der Waals surface area contributed by atoms with Crippen LogP contribution in [0.15, 0.2) is 47.7 Å². The molecule has 1 aromatic carbocycles. The second-order valence-corrected chi connectivity index (χ2v) is 6.48. The molecule has 2 aromatic rings. The van der Waals surface area contributed by atoms with Gasteiger partial charge in [0.15, 0.2) is 5.96 Å². The van der Waals surface area contributed by atoms with E-state index in [1.807, 2.05) is 35.8 Å². The molecule has 2 rings (SSSR count). The second kappa shape index (κ2) is 13.0. The van der Waals surface area contributed by atoms with E-state index < -0.39 is 0 Å². The first-order valence-corrected chi connectivity index (χ1v) is 9.75. The summed E-state index contributed by atoms with van der Waals surface area (Å²) in [6.45, 7) is 1.84. The molecule has 7 heteroatoms. The van der Waals surface area contributed by atoms with Crippen LogP contribution in [0.1, 0.15) is 18.4 Å². The molecule has 0 saturated carbocycles. The minimum atomic E-state index is 0. The smallest absolute Gasteiger partial charge is 0.190 e. The van der Waals surface area contributed by atoms with Crippen LogP contribution in [0.4, 0.5) is 0 Å². The lowest BCUT2D eigenvalue weighted by Gasteiger charge is -2.12. The molecule has 1 heterocycles. The number of nitrogens with one attached hydrogen (secondary N) is 2. The Bertz CT molecular complexity index is 598. The van der Waals surface area contributed by atoms with Gasteiger partial charge in [-0.2, -0.15) is 16.9 Å². The van der Waals surface area contributed by atoms with E-state index in [-0.39, 0.29) is 24.0 Å². The molecule has 0 atom stereocenters. The van der Waals surface area contributed by atoms with E-state index in [1.54, 1.807) is 6.20 Å². The van der Waals surface area contributed by atoms with Gasteiger partial charge in [-0.05, 0) is 55.0 Å². The van der Waals surface area contributed by atoms with Gasteiger partial charge >= 0.3 is 0 Å². The Morgan fingerprint density at radius 2 is 1.92 bits per heavy atom. The summed E-state index contributed by atoms with van der Waals surface area (Å²) in [5.74, 6) is 2.11. The average molecular weight is 473 g/mol. The van der Waals surface area contributed by atoms with Crippen molar-refractivity contribution in [3.8, 4) is 5.69 Å². The van der Waals surface area contributed by atoms with Crippen molar-refractivity contribution in [3.05, 3.63) is 48.3 Å². The predicted octanol–water partition coefficient (Wildman–Crippen LogP) is 3.34. The number of guanidine groups is 1. The highest BCUT2D eigenvalue weighted by molar-refractivity contribution is 14.0. The largest absolute Gasteiger partial charge is 0.356 e. The van der Waals surface area contributed by atoms with Crippen LogP contribution in [0, 0.1) is 0 Å². The van der Waals surface area contributed by atoms with Crippen molar-refractivity contribution < 1.29 is 0 Å². The maximum absolute atomic E-state index is 4.26. The number of thioether (sulfide) groups is 1. The summed E-state index contributed by atoms with van der Waals surface area (Å²) in [6, 6.07) is 10.4. The number of benzene rings is 1. The topological polar surface area (TPSA) is 54.2 Å². The highest BCUT2D eigenvalue weighted by atomic mass is 127. The van der Waals surface area contributed by atoms with Gasteiger partial charge < -0.3 is 10.6 Å². The number of aromatic nitrogens is 2. The summed E-state index contributed by atoms with van der Waals surface area (Å²) in [4.78, 5) is 4.26. The molecule has 0 aliphatic heterocycles. The molecule has 5 nitrogen and oxygen atoms in total. The molecule has 2 N–H and O–H groups in total. The van der Waals surface area contributed by atoms with E-state index in [0.717, 1.165) is 31.2 Å². The number of hydrogen-bond donors (Lipinski definition) is 2.